The largest absolute Gasteiger partial charge is 0.388 e. The Hall–Kier alpha value is -1.69. The number of aliphatic hydroxyl groups is 1. The van der Waals surface area contributed by atoms with Gasteiger partial charge in [-0.05, 0) is 18.9 Å². The third kappa shape index (κ3) is 3.01. The average molecular weight is 265 g/mol. The lowest BCUT2D eigenvalue weighted by Gasteiger charge is -2.28. The van der Waals surface area contributed by atoms with E-state index in [4.69, 9.17) is 0 Å². The summed E-state index contributed by atoms with van der Waals surface area (Å²) in [5, 5.41) is 14.2. The lowest BCUT2D eigenvalue weighted by molar-refractivity contribution is 0.0154. The highest BCUT2D eigenvalue weighted by molar-refractivity contribution is 5.91. The number of aromatic nitrogens is 2. The second-order valence-electron chi connectivity index (χ2n) is 5.27. The molecular formula is C13H19N3O3. The van der Waals surface area contributed by atoms with Crippen LogP contribution in [-0.2, 0) is 7.05 Å². The summed E-state index contributed by atoms with van der Waals surface area (Å²) >= 11 is 0. The van der Waals surface area contributed by atoms with Crippen molar-refractivity contribution in [3.8, 4) is 0 Å². The van der Waals surface area contributed by atoms with Crippen LogP contribution in [-0.4, -0.2) is 44.9 Å². The van der Waals surface area contributed by atoms with Gasteiger partial charge in [0.05, 0.1) is 5.60 Å². The molecule has 6 nitrogen and oxygen atoms in total. The molecule has 1 aliphatic rings. The molecule has 1 heterocycles. The van der Waals surface area contributed by atoms with Crippen LogP contribution in [0.5, 0.6) is 0 Å². The Morgan fingerprint density at radius 2 is 2.11 bits per heavy atom. The van der Waals surface area contributed by atoms with E-state index in [2.05, 4.69) is 5.10 Å². The summed E-state index contributed by atoms with van der Waals surface area (Å²) in [5.74, 6) is -0.282. The van der Waals surface area contributed by atoms with Crippen molar-refractivity contribution in [1.82, 2.24) is 14.7 Å². The predicted octanol–water partition coefficient (Wildman–Crippen LogP) is 0.157. The maximum atomic E-state index is 12.2. The maximum absolute atomic E-state index is 12.2. The Morgan fingerprint density at radius 1 is 1.47 bits per heavy atom. The van der Waals surface area contributed by atoms with Gasteiger partial charge in [-0.3, -0.25) is 9.59 Å². The van der Waals surface area contributed by atoms with Crippen LogP contribution in [0, 0.1) is 0 Å². The number of carbonyl (C=O) groups is 1. The van der Waals surface area contributed by atoms with Gasteiger partial charge in [-0.1, -0.05) is 12.8 Å². The van der Waals surface area contributed by atoms with Gasteiger partial charge < -0.3 is 10.0 Å². The van der Waals surface area contributed by atoms with Gasteiger partial charge in [0, 0.05) is 26.7 Å². The van der Waals surface area contributed by atoms with Crippen molar-refractivity contribution >= 4 is 5.91 Å². The first kappa shape index (κ1) is 13.7. The Morgan fingerprint density at radius 3 is 2.68 bits per heavy atom. The molecule has 1 N–H and O–H groups in total. The average Bonchev–Trinajstić information content (AvgIpc) is 2.78. The van der Waals surface area contributed by atoms with Crippen molar-refractivity contribution in [3.05, 3.63) is 28.2 Å². The first-order valence-electron chi connectivity index (χ1n) is 6.43. The molecule has 1 aromatic rings. The number of rotatable bonds is 3. The maximum Gasteiger partial charge on any atom is 0.274 e. The molecule has 104 valence electrons. The number of nitrogens with zero attached hydrogens (tertiary/aromatic N) is 3. The Balaban J connectivity index is 2.10. The van der Waals surface area contributed by atoms with E-state index < -0.39 is 5.60 Å². The van der Waals surface area contributed by atoms with Gasteiger partial charge in [0.2, 0.25) is 0 Å². The molecule has 1 fully saturated rings. The van der Waals surface area contributed by atoms with Crippen molar-refractivity contribution < 1.29 is 9.90 Å². The van der Waals surface area contributed by atoms with Crippen LogP contribution in [0.15, 0.2) is 16.9 Å². The fourth-order valence-corrected chi connectivity index (χ4v) is 2.52. The molecule has 1 aliphatic carbocycles. The topological polar surface area (TPSA) is 75.4 Å². The number of amides is 1. The van der Waals surface area contributed by atoms with Gasteiger partial charge in [0.25, 0.3) is 11.5 Å². The molecule has 2 rings (SSSR count). The molecule has 19 heavy (non-hydrogen) atoms. The zero-order valence-corrected chi connectivity index (χ0v) is 11.3. The van der Waals surface area contributed by atoms with Crippen LogP contribution in [0.3, 0.4) is 0 Å². The van der Waals surface area contributed by atoms with Gasteiger partial charge >= 0.3 is 0 Å². The van der Waals surface area contributed by atoms with E-state index in [1.54, 1.807) is 7.05 Å². The minimum Gasteiger partial charge on any atom is -0.388 e. The molecule has 0 spiro atoms. The van der Waals surface area contributed by atoms with Crippen LogP contribution in [0.25, 0.3) is 0 Å². The van der Waals surface area contributed by atoms with E-state index in [1.165, 1.54) is 24.1 Å². The Labute approximate surface area is 111 Å². The van der Waals surface area contributed by atoms with Crippen molar-refractivity contribution in [3.63, 3.8) is 0 Å². The quantitative estimate of drug-likeness (QED) is 0.844. The molecule has 1 aromatic heterocycles. The standard InChI is InChI=1S/C13H19N3O3/c1-15(9-13(19)7-3-4-8-13)12(18)10-5-6-11(17)16(2)14-10/h5-6,19H,3-4,7-9H2,1-2H3. The molecule has 1 amide bonds. The summed E-state index contributed by atoms with van der Waals surface area (Å²) in [6.07, 6.45) is 3.45. The summed E-state index contributed by atoms with van der Waals surface area (Å²) < 4.78 is 1.13. The number of aryl methyl sites for hydroxylation is 1. The fourth-order valence-electron chi connectivity index (χ4n) is 2.52. The molecule has 6 heteroatoms. The highest BCUT2D eigenvalue weighted by Gasteiger charge is 2.33. The molecule has 0 saturated heterocycles. The zero-order valence-electron chi connectivity index (χ0n) is 11.3. The van der Waals surface area contributed by atoms with Gasteiger partial charge in [-0.25, -0.2) is 4.68 Å². The first-order valence-corrected chi connectivity index (χ1v) is 6.43. The van der Waals surface area contributed by atoms with Gasteiger partial charge in [-0.15, -0.1) is 0 Å². The lowest BCUT2D eigenvalue weighted by Crippen LogP contribution is -2.42. The van der Waals surface area contributed by atoms with Crippen molar-refractivity contribution in [1.29, 1.82) is 0 Å². The van der Waals surface area contributed by atoms with Crippen LogP contribution in [0.1, 0.15) is 36.2 Å². The molecule has 1 saturated carbocycles. The molecule has 0 unspecified atom stereocenters. The smallest absolute Gasteiger partial charge is 0.274 e. The van der Waals surface area contributed by atoms with Crippen LogP contribution >= 0.6 is 0 Å². The second kappa shape index (κ2) is 5.13. The highest BCUT2D eigenvalue weighted by Crippen LogP contribution is 2.30. The van der Waals surface area contributed by atoms with Crippen molar-refractivity contribution in [2.24, 2.45) is 7.05 Å². The third-order valence-corrected chi connectivity index (χ3v) is 3.59. The Bertz CT molecular complexity index is 532. The summed E-state index contributed by atoms with van der Waals surface area (Å²) in [5.41, 5.74) is -0.815. The monoisotopic (exact) mass is 265 g/mol. The zero-order chi connectivity index (χ0) is 14.0. The molecule has 0 atom stereocenters. The highest BCUT2D eigenvalue weighted by atomic mass is 16.3. The van der Waals surface area contributed by atoms with Crippen LogP contribution in [0.4, 0.5) is 0 Å². The molecule has 0 aromatic carbocycles. The van der Waals surface area contributed by atoms with E-state index in [-0.39, 0.29) is 17.2 Å². The summed E-state index contributed by atoms with van der Waals surface area (Å²) in [7, 11) is 3.15. The van der Waals surface area contributed by atoms with Gasteiger partial charge in [0.1, 0.15) is 5.69 Å². The second-order valence-corrected chi connectivity index (χ2v) is 5.27. The van der Waals surface area contributed by atoms with Crippen molar-refractivity contribution in [2.45, 2.75) is 31.3 Å². The molecule has 0 bridgehead atoms. The first-order chi connectivity index (χ1) is 8.91. The van der Waals surface area contributed by atoms with E-state index in [9.17, 15) is 14.7 Å². The normalized spacial score (nSPS) is 17.4. The number of carbonyl (C=O) groups excluding carboxylic acids is 1. The third-order valence-electron chi connectivity index (χ3n) is 3.59. The minimum atomic E-state index is -0.773. The SMILES string of the molecule is CN(CC1(O)CCCC1)C(=O)c1ccc(=O)n(C)n1. The molecular weight excluding hydrogens is 246 g/mol. The fraction of sp³-hybridized carbons (Fsp3) is 0.615. The van der Waals surface area contributed by atoms with Gasteiger partial charge in [-0.2, -0.15) is 5.10 Å². The summed E-state index contributed by atoms with van der Waals surface area (Å²) in [6.45, 7) is 0.302. The van der Waals surface area contributed by atoms with E-state index >= 15 is 0 Å². The number of hydrogen-bond donors (Lipinski definition) is 1. The van der Waals surface area contributed by atoms with E-state index in [1.807, 2.05) is 0 Å². The minimum absolute atomic E-state index is 0.214. The van der Waals surface area contributed by atoms with E-state index in [0.717, 1.165) is 30.4 Å². The molecule has 0 radical (unpaired) electrons. The number of likely N-dealkylation sites (N-methyl/N-ethyl adjacent to an activating group) is 1. The Kier molecular flexibility index (Phi) is 3.71. The van der Waals surface area contributed by atoms with Crippen LogP contribution in [0.2, 0.25) is 0 Å². The molecule has 0 aliphatic heterocycles. The van der Waals surface area contributed by atoms with Crippen molar-refractivity contribution in [2.75, 3.05) is 13.6 Å². The van der Waals surface area contributed by atoms with Crippen LogP contribution < -0.4 is 5.56 Å². The van der Waals surface area contributed by atoms with Gasteiger partial charge in [0.15, 0.2) is 0 Å². The van der Waals surface area contributed by atoms with E-state index in [0.29, 0.717) is 6.54 Å². The lowest BCUT2D eigenvalue weighted by atomic mass is 10.0. The summed E-state index contributed by atoms with van der Waals surface area (Å²) in [4.78, 5) is 24.9. The predicted molar refractivity (Wildman–Crippen MR) is 69.9 cm³/mol. The number of hydrogen-bond acceptors (Lipinski definition) is 4. The summed E-state index contributed by atoms with van der Waals surface area (Å²) in [6, 6.07) is 2.73.